The minimum atomic E-state index is -0.371. The summed E-state index contributed by atoms with van der Waals surface area (Å²) in [4.78, 5) is 16.2. The number of carbonyl (C=O) groups is 1. The number of rotatable bonds is 5. The van der Waals surface area contributed by atoms with Crippen molar-refractivity contribution < 1.29 is 9.18 Å². The predicted octanol–water partition coefficient (Wildman–Crippen LogP) is 2.02. The smallest absolute Gasteiger partial charge is 0.239 e. The highest BCUT2D eigenvalue weighted by Gasteiger charge is 2.24. The van der Waals surface area contributed by atoms with Crippen LogP contribution in [-0.2, 0) is 11.3 Å². The van der Waals surface area contributed by atoms with Gasteiger partial charge in [0, 0.05) is 32.7 Å². The van der Waals surface area contributed by atoms with Crippen LogP contribution in [0.25, 0.3) is 0 Å². The average Bonchev–Trinajstić information content (AvgIpc) is 2.47. The van der Waals surface area contributed by atoms with Crippen LogP contribution >= 0.6 is 12.4 Å². The monoisotopic (exact) mass is 329 g/mol. The van der Waals surface area contributed by atoms with Gasteiger partial charge in [-0.25, -0.2) is 4.39 Å². The minimum Gasteiger partial charge on any atom is -0.339 e. The van der Waals surface area contributed by atoms with Crippen molar-refractivity contribution in [1.29, 1.82) is 0 Å². The molecule has 0 aliphatic carbocycles. The molecule has 1 atom stereocenters. The van der Waals surface area contributed by atoms with Gasteiger partial charge in [-0.1, -0.05) is 25.5 Å². The zero-order valence-corrected chi connectivity index (χ0v) is 13.8. The van der Waals surface area contributed by atoms with Crippen molar-refractivity contribution in [2.75, 3.05) is 26.2 Å². The van der Waals surface area contributed by atoms with E-state index >= 15 is 0 Å². The first-order valence-electron chi connectivity index (χ1n) is 7.61. The number of halogens is 2. The van der Waals surface area contributed by atoms with E-state index < -0.39 is 0 Å². The lowest BCUT2D eigenvalue weighted by Crippen LogP contribution is -2.52. The maximum Gasteiger partial charge on any atom is 0.239 e. The molecule has 0 bridgehead atoms. The Balaban J connectivity index is 0.00000242. The van der Waals surface area contributed by atoms with E-state index in [0.29, 0.717) is 13.1 Å². The first kappa shape index (κ1) is 18.9. The second-order valence-electron chi connectivity index (χ2n) is 5.63. The van der Waals surface area contributed by atoms with Gasteiger partial charge in [-0.05, 0) is 24.1 Å². The van der Waals surface area contributed by atoms with Crippen LogP contribution in [0.3, 0.4) is 0 Å². The maximum absolute atomic E-state index is 13.2. The molecular formula is C16H25ClFN3O. The Hall–Kier alpha value is -1.17. The third-order valence-electron chi connectivity index (χ3n) is 3.90. The van der Waals surface area contributed by atoms with E-state index in [1.165, 1.54) is 6.07 Å². The van der Waals surface area contributed by atoms with E-state index in [-0.39, 0.29) is 30.2 Å². The molecule has 1 amide bonds. The van der Waals surface area contributed by atoms with Crippen molar-refractivity contribution in [3.05, 3.63) is 35.6 Å². The lowest BCUT2D eigenvalue weighted by molar-refractivity contribution is -0.134. The van der Waals surface area contributed by atoms with Crippen LogP contribution in [0.15, 0.2) is 24.3 Å². The van der Waals surface area contributed by atoms with E-state index in [1.807, 2.05) is 17.9 Å². The Labute approximate surface area is 137 Å². The summed E-state index contributed by atoms with van der Waals surface area (Å²) in [6.45, 7) is 5.77. The molecule has 1 aromatic rings. The number of nitrogens with zero attached hydrogens (tertiary/aromatic N) is 2. The summed E-state index contributed by atoms with van der Waals surface area (Å²) in [6, 6.07) is 6.31. The van der Waals surface area contributed by atoms with Gasteiger partial charge in [0.1, 0.15) is 5.82 Å². The zero-order valence-electron chi connectivity index (χ0n) is 13.0. The van der Waals surface area contributed by atoms with Crippen molar-refractivity contribution in [2.24, 2.45) is 5.73 Å². The molecule has 2 rings (SSSR count). The van der Waals surface area contributed by atoms with Crippen molar-refractivity contribution in [3.63, 3.8) is 0 Å². The fourth-order valence-electron chi connectivity index (χ4n) is 2.69. The Kier molecular flexibility index (Phi) is 7.79. The van der Waals surface area contributed by atoms with Crippen molar-refractivity contribution in [3.8, 4) is 0 Å². The molecule has 124 valence electrons. The molecule has 0 aromatic heterocycles. The van der Waals surface area contributed by atoms with Gasteiger partial charge < -0.3 is 10.6 Å². The molecular weight excluding hydrogens is 305 g/mol. The number of benzene rings is 1. The van der Waals surface area contributed by atoms with Crippen LogP contribution in [0.2, 0.25) is 0 Å². The lowest BCUT2D eigenvalue weighted by atomic mass is 10.1. The SMILES string of the molecule is CCCC(N)C(=O)N1CCN(Cc2cccc(F)c2)CC1.Cl. The molecule has 4 nitrogen and oxygen atoms in total. The summed E-state index contributed by atoms with van der Waals surface area (Å²) in [5.74, 6) is -0.144. The summed E-state index contributed by atoms with van der Waals surface area (Å²) in [7, 11) is 0. The number of carbonyl (C=O) groups excluding carboxylic acids is 1. The van der Waals surface area contributed by atoms with Crippen LogP contribution in [0.1, 0.15) is 25.3 Å². The van der Waals surface area contributed by atoms with Crippen LogP contribution in [0, 0.1) is 5.82 Å². The Bertz CT molecular complexity index is 478. The number of piperazine rings is 1. The predicted molar refractivity (Wildman–Crippen MR) is 88.4 cm³/mol. The second-order valence-corrected chi connectivity index (χ2v) is 5.63. The molecule has 1 fully saturated rings. The van der Waals surface area contributed by atoms with Crippen molar-refractivity contribution in [1.82, 2.24) is 9.80 Å². The van der Waals surface area contributed by atoms with E-state index in [0.717, 1.165) is 38.0 Å². The van der Waals surface area contributed by atoms with Crippen LogP contribution in [0.5, 0.6) is 0 Å². The molecule has 1 heterocycles. The summed E-state index contributed by atoms with van der Waals surface area (Å²) in [6.07, 6.45) is 1.66. The highest BCUT2D eigenvalue weighted by Crippen LogP contribution is 2.11. The third kappa shape index (κ3) is 5.23. The lowest BCUT2D eigenvalue weighted by Gasteiger charge is -2.35. The first-order valence-corrected chi connectivity index (χ1v) is 7.61. The van der Waals surface area contributed by atoms with Crippen molar-refractivity contribution >= 4 is 18.3 Å². The van der Waals surface area contributed by atoms with E-state index in [2.05, 4.69) is 4.90 Å². The highest BCUT2D eigenvalue weighted by atomic mass is 35.5. The Morgan fingerprint density at radius 1 is 1.32 bits per heavy atom. The summed E-state index contributed by atoms with van der Waals surface area (Å²) < 4.78 is 13.2. The molecule has 0 saturated carbocycles. The number of hydrogen-bond acceptors (Lipinski definition) is 3. The van der Waals surface area contributed by atoms with Gasteiger partial charge >= 0.3 is 0 Å². The standard InChI is InChI=1S/C16H24FN3O.ClH/c1-2-4-15(18)16(21)20-9-7-19(8-10-20)12-13-5-3-6-14(17)11-13;/h3,5-6,11,15H,2,4,7-10,12,18H2,1H3;1H. The molecule has 2 N–H and O–H groups in total. The first-order chi connectivity index (χ1) is 10.1. The van der Waals surface area contributed by atoms with Crippen LogP contribution in [0.4, 0.5) is 4.39 Å². The molecule has 1 saturated heterocycles. The molecule has 0 radical (unpaired) electrons. The summed E-state index contributed by atoms with van der Waals surface area (Å²) in [5, 5.41) is 0. The van der Waals surface area contributed by atoms with Gasteiger partial charge in [0.2, 0.25) is 5.91 Å². The Morgan fingerprint density at radius 2 is 2.00 bits per heavy atom. The quantitative estimate of drug-likeness (QED) is 0.899. The topological polar surface area (TPSA) is 49.6 Å². The molecule has 0 spiro atoms. The fourth-order valence-corrected chi connectivity index (χ4v) is 2.69. The zero-order chi connectivity index (χ0) is 15.2. The van der Waals surface area contributed by atoms with Gasteiger partial charge in [-0.2, -0.15) is 0 Å². The molecule has 1 aliphatic rings. The maximum atomic E-state index is 13.2. The van der Waals surface area contributed by atoms with Crippen LogP contribution < -0.4 is 5.73 Å². The summed E-state index contributed by atoms with van der Waals surface area (Å²) >= 11 is 0. The van der Waals surface area contributed by atoms with Gasteiger partial charge in [-0.3, -0.25) is 9.69 Å². The van der Waals surface area contributed by atoms with Gasteiger partial charge in [-0.15, -0.1) is 12.4 Å². The molecule has 1 unspecified atom stereocenters. The fraction of sp³-hybridized carbons (Fsp3) is 0.562. The summed E-state index contributed by atoms with van der Waals surface area (Å²) in [5.41, 5.74) is 6.86. The Morgan fingerprint density at radius 3 is 2.59 bits per heavy atom. The largest absolute Gasteiger partial charge is 0.339 e. The normalized spacial score (nSPS) is 17.0. The number of nitrogens with two attached hydrogens (primary N) is 1. The molecule has 1 aliphatic heterocycles. The molecule has 22 heavy (non-hydrogen) atoms. The molecule has 1 aromatic carbocycles. The van der Waals surface area contributed by atoms with E-state index in [1.54, 1.807) is 12.1 Å². The van der Waals surface area contributed by atoms with Gasteiger partial charge in [0.25, 0.3) is 0 Å². The minimum absolute atomic E-state index is 0. The highest BCUT2D eigenvalue weighted by molar-refractivity contribution is 5.85. The van der Waals surface area contributed by atoms with E-state index in [9.17, 15) is 9.18 Å². The third-order valence-corrected chi connectivity index (χ3v) is 3.90. The van der Waals surface area contributed by atoms with Gasteiger partial charge in [0.05, 0.1) is 6.04 Å². The number of amides is 1. The van der Waals surface area contributed by atoms with Crippen LogP contribution in [-0.4, -0.2) is 47.9 Å². The number of hydrogen-bond donors (Lipinski definition) is 1. The molecule has 6 heteroatoms. The van der Waals surface area contributed by atoms with E-state index in [4.69, 9.17) is 5.73 Å². The average molecular weight is 330 g/mol. The second kappa shape index (κ2) is 9.08. The van der Waals surface area contributed by atoms with Crippen molar-refractivity contribution in [2.45, 2.75) is 32.4 Å². The van der Waals surface area contributed by atoms with Gasteiger partial charge in [0.15, 0.2) is 0 Å².